The van der Waals surface area contributed by atoms with Crippen molar-refractivity contribution in [2.45, 2.75) is 31.0 Å². The van der Waals surface area contributed by atoms with Crippen molar-refractivity contribution in [3.63, 3.8) is 0 Å². The number of nitrogens with zero attached hydrogens (tertiary/aromatic N) is 3. The summed E-state index contributed by atoms with van der Waals surface area (Å²) in [5, 5.41) is 0.634. The average Bonchev–Trinajstić information content (AvgIpc) is 2.33. The van der Waals surface area contributed by atoms with E-state index in [1.807, 2.05) is 18.0 Å². The second-order valence-electron chi connectivity index (χ2n) is 4.01. The van der Waals surface area contributed by atoms with Crippen LogP contribution in [0.15, 0.2) is 12.4 Å². The van der Waals surface area contributed by atoms with Gasteiger partial charge in [0, 0.05) is 29.8 Å². The van der Waals surface area contributed by atoms with Crippen LogP contribution >= 0.6 is 23.4 Å². The molecule has 1 fully saturated rings. The predicted octanol–water partition coefficient (Wildman–Crippen LogP) is 2.55. The van der Waals surface area contributed by atoms with E-state index in [1.54, 1.807) is 6.20 Å². The van der Waals surface area contributed by atoms with Gasteiger partial charge in [0.1, 0.15) is 5.82 Å². The summed E-state index contributed by atoms with van der Waals surface area (Å²) in [5.41, 5.74) is 0.845. The highest BCUT2D eigenvalue weighted by Gasteiger charge is 2.26. The molecule has 2 atom stereocenters. The number of rotatable bonds is 2. The minimum Gasteiger partial charge on any atom is -0.351 e. The number of anilines is 1. The van der Waals surface area contributed by atoms with Crippen molar-refractivity contribution in [3.8, 4) is 0 Å². The Morgan fingerprint density at radius 2 is 2.31 bits per heavy atom. The standard InChI is InChI=1S/C11H16ClN3S/c1-8-9(2)16-4-3-15(8)11-7-13-6-10(5-12)14-11/h6-9H,3-5H2,1-2H3. The number of aromatic nitrogens is 2. The minimum absolute atomic E-state index is 0.424. The molecule has 88 valence electrons. The Kier molecular flexibility index (Phi) is 3.92. The summed E-state index contributed by atoms with van der Waals surface area (Å²) in [6, 6.07) is 0.499. The van der Waals surface area contributed by atoms with Gasteiger partial charge in [0.05, 0.1) is 17.8 Å². The van der Waals surface area contributed by atoms with Gasteiger partial charge in [-0.3, -0.25) is 4.98 Å². The minimum atomic E-state index is 0.424. The lowest BCUT2D eigenvalue weighted by atomic mass is 10.2. The van der Waals surface area contributed by atoms with Crippen LogP contribution in [-0.2, 0) is 5.88 Å². The highest BCUT2D eigenvalue weighted by molar-refractivity contribution is 8.00. The molecule has 0 N–H and O–H groups in total. The normalized spacial score (nSPS) is 25.8. The summed E-state index contributed by atoms with van der Waals surface area (Å²) in [6.07, 6.45) is 3.55. The zero-order valence-corrected chi connectivity index (χ0v) is 11.1. The molecule has 2 heterocycles. The van der Waals surface area contributed by atoms with Crippen LogP contribution in [0.3, 0.4) is 0 Å². The molecular formula is C11H16ClN3S. The predicted molar refractivity (Wildman–Crippen MR) is 70.3 cm³/mol. The first-order valence-electron chi connectivity index (χ1n) is 5.47. The van der Waals surface area contributed by atoms with Crippen LogP contribution in [0.25, 0.3) is 0 Å². The van der Waals surface area contributed by atoms with Crippen LogP contribution in [0.5, 0.6) is 0 Å². The molecule has 1 aromatic heterocycles. The lowest BCUT2D eigenvalue weighted by Crippen LogP contribution is -2.45. The topological polar surface area (TPSA) is 29.0 Å². The van der Waals surface area contributed by atoms with Gasteiger partial charge in [-0.25, -0.2) is 4.98 Å². The fraction of sp³-hybridized carbons (Fsp3) is 0.636. The van der Waals surface area contributed by atoms with E-state index < -0.39 is 0 Å². The maximum Gasteiger partial charge on any atom is 0.147 e. The number of thioether (sulfide) groups is 1. The van der Waals surface area contributed by atoms with Gasteiger partial charge in [-0.2, -0.15) is 11.8 Å². The van der Waals surface area contributed by atoms with Crippen LogP contribution < -0.4 is 4.90 Å². The zero-order valence-electron chi connectivity index (χ0n) is 9.56. The molecule has 1 aliphatic rings. The number of hydrogen-bond acceptors (Lipinski definition) is 4. The number of halogens is 1. The Morgan fingerprint density at radius 1 is 1.50 bits per heavy atom. The molecule has 0 bridgehead atoms. The fourth-order valence-corrected chi connectivity index (χ4v) is 3.08. The van der Waals surface area contributed by atoms with Crippen LogP contribution in [0.4, 0.5) is 5.82 Å². The first-order chi connectivity index (χ1) is 7.72. The van der Waals surface area contributed by atoms with Crippen molar-refractivity contribution in [2.24, 2.45) is 0 Å². The van der Waals surface area contributed by atoms with E-state index in [0.29, 0.717) is 17.2 Å². The summed E-state index contributed by atoms with van der Waals surface area (Å²) in [7, 11) is 0. The largest absolute Gasteiger partial charge is 0.351 e. The van der Waals surface area contributed by atoms with E-state index in [1.165, 1.54) is 0 Å². The van der Waals surface area contributed by atoms with E-state index in [2.05, 4.69) is 28.7 Å². The molecular weight excluding hydrogens is 242 g/mol. The first kappa shape index (κ1) is 12.0. The first-order valence-corrected chi connectivity index (χ1v) is 7.06. The Balaban J connectivity index is 2.21. The fourth-order valence-electron chi connectivity index (χ4n) is 1.85. The van der Waals surface area contributed by atoms with Gasteiger partial charge in [-0.15, -0.1) is 11.6 Å². The Hall–Kier alpha value is -0.480. The van der Waals surface area contributed by atoms with Crippen molar-refractivity contribution >= 4 is 29.2 Å². The smallest absolute Gasteiger partial charge is 0.147 e. The molecule has 3 nitrogen and oxygen atoms in total. The van der Waals surface area contributed by atoms with E-state index in [-0.39, 0.29) is 0 Å². The third kappa shape index (κ3) is 2.43. The summed E-state index contributed by atoms with van der Waals surface area (Å²) >= 11 is 7.80. The summed E-state index contributed by atoms with van der Waals surface area (Å²) in [4.78, 5) is 11.0. The highest BCUT2D eigenvalue weighted by Crippen LogP contribution is 2.27. The highest BCUT2D eigenvalue weighted by atomic mass is 35.5. The van der Waals surface area contributed by atoms with Crippen molar-refractivity contribution in [1.29, 1.82) is 0 Å². The van der Waals surface area contributed by atoms with E-state index >= 15 is 0 Å². The van der Waals surface area contributed by atoms with Gasteiger partial charge in [0.15, 0.2) is 0 Å². The molecule has 0 aliphatic carbocycles. The van der Waals surface area contributed by atoms with Crippen LogP contribution in [-0.4, -0.2) is 33.6 Å². The molecule has 2 unspecified atom stereocenters. The quantitative estimate of drug-likeness (QED) is 0.762. The third-order valence-corrected chi connectivity index (χ3v) is 4.60. The Morgan fingerprint density at radius 3 is 3.06 bits per heavy atom. The Labute approximate surface area is 106 Å². The van der Waals surface area contributed by atoms with Crippen LogP contribution in [0.1, 0.15) is 19.5 Å². The summed E-state index contributed by atoms with van der Waals surface area (Å²) in [6.45, 7) is 5.54. The second kappa shape index (κ2) is 5.23. The maximum absolute atomic E-state index is 5.78. The zero-order chi connectivity index (χ0) is 11.5. The molecule has 0 saturated carbocycles. The second-order valence-corrected chi connectivity index (χ2v) is 5.76. The lowest BCUT2D eigenvalue weighted by molar-refractivity contribution is 0.618. The lowest BCUT2D eigenvalue weighted by Gasteiger charge is -2.38. The molecule has 5 heteroatoms. The molecule has 0 spiro atoms. The van der Waals surface area contributed by atoms with E-state index in [4.69, 9.17) is 11.6 Å². The molecule has 1 aliphatic heterocycles. The molecule has 1 saturated heterocycles. The molecule has 0 radical (unpaired) electrons. The summed E-state index contributed by atoms with van der Waals surface area (Å²) in [5.74, 6) is 2.53. The van der Waals surface area contributed by atoms with Gasteiger partial charge < -0.3 is 4.90 Å². The van der Waals surface area contributed by atoms with Gasteiger partial charge >= 0.3 is 0 Å². The number of alkyl halides is 1. The third-order valence-electron chi connectivity index (χ3n) is 2.99. The summed E-state index contributed by atoms with van der Waals surface area (Å²) < 4.78 is 0. The van der Waals surface area contributed by atoms with Crippen molar-refractivity contribution < 1.29 is 0 Å². The molecule has 16 heavy (non-hydrogen) atoms. The van der Waals surface area contributed by atoms with Crippen molar-refractivity contribution in [2.75, 3.05) is 17.2 Å². The van der Waals surface area contributed by atoms with E-state index in [9.17, 15) is 0 Å². The molecule has 2 rings (SSSR count). The van der Waals surface area contributed by atoms with Crippen LogP contribution in [0, 0.1) is 0 Å². The SMILES string of the molecule is CC1SCCN(c2cncc(CCl)n2)C1C. The number of hydrogen-bond donors (Lipinski definition) is 0. The van der Waals surface area contributed by atoms with Crippen LogP contribution in [0.2, 0.25) is 0 Å². The van der Waals surface area contributed by atoms with Gasteiger partial charge in [-0.05, 0) is 6.92 Å². The van der Waals surface area contributed by atoms with Gasteiger partial charge in [-0.1, -0.05) is 6.92 Å². The Bertz CT molecular complexity index is 361. The maximum atomic E-state index is 5.78. The van der Waals surface area contributed by atoms with Crippen molar-refractivity contribution in [3.05, 3.63) is 18.1 Å². The molecule has 0 aromatic carbocycles. The average molecular weight is 258 g/mol. The van der Waals surface area contributed by atoms with E-state index in [0.717, 1.165) is 23.8 Å². The van der Waals surface area contributed by atoms with Crippen molar-refractivity contribution in [1.82, 2.24) is 9.97 Å². The van der Waals surface area contributed by atoms with Gasteiger partial charge in [0.2, 0.25) is 0 Å². The molecule has 1 aromatic rings. The van der Waals surface area contributed by atoms with Gasteiger partial charge in [0.25, 0.3) is 0 Å². The monoisotopic (exact) mass is 257 g/mol. The molecule has 0 amide bonds.